The quantitative estimate of drug-likeness (QED) is 0.599. The first-order chi connectivity index (χ1) is 14.7. The normalized spacial score (nSPS) is 16.7. The predicted octanol–water partition coefficient (Wildman–Crippen LogP) is 1.07. The van der Waals surface area contributed by atoms with Gasteiger partial charge in [0, 0.05) is 19.1 Å². The molecule has 1 aromatic heterocycles. The van der Waals surface area contributed by atoms with Crippen molar-refractivity contribution in [3.05, 3.63) is 65.0 Å². The fraction of sp³-hybridized carbons (Fsp3) is 0.409. The summed E-state index contributed by atoms with van der Waals surface area (Å²) in [6.07, 6.45) is 1.01. The second-order valence-corrected chi connectivity index (χ2v) is 7.40. The Labute approximate surface area is 176 Å². The van der Waals surface area contributed by atoms with Gasteiger partial charge in [0.15, 0.2) is 6.04 Å². The zero-order valence-electron chi connectivity index (χ0n) is 17.7. The molecular formula is C22H28N5O3+. The highest BCUT2D eigenvalue weighted by Gasteiger charge is 2.36. The lowest BCUT2D eigenvalue weighted by molar-refractivity contribution is -0.941. The van der Waals surface area contributed by atoms with Gasteiger partial charge in [-0.1, -0.05) is 24.3 Å². The molecule has 1 aliphatic heterocycles. The van der Waals surface area contributed by atoms with Crippen LogP contribution in [0, 0.1) is 0 Å². The third-order valence-electron chi connectivity index (χ3n) is 5.73. The molecule has 158 valence electrons. The van der Waals surface area contributed by atoms with E-state index in [2.05, 4.69) is 39.8 Å². The van der Waals surface area contributed by atoms with E-state index in [0.717, 1.165) is 42.4 Å². The molecule has 4 rings (SSSR count). The first-order valence-corrected chi connectivity index (χ1v) is 10.1. The van der Waals surface area contributed by atoms with Crippen LogP contribution in [0.25, 0.3) is 0 Å². The highest BCUT2D eigenvalue weighted by Crippen LogP contribution is 2.31. The molecule has 1 N–H and O–H groups in total. The zero-order valence-corrected chi connectivity index (χ0v) is 17.7. The number of hydrogen-bond donors (Lipinski definition) is 1. The van der Waals surface area contributed by atoms with Crippen molar-refractivity contribution in [3.8, 4) is 11.5 Å². The van der Waals surface area contributed by atoms with Crippen molar-refractivity contribution in [1.82, 2.24) is 20.2 Å². The van der Waals surface area contributed by atoms with Gasteiger partial charge in [0.2, 0.25) is 5.82 Å². The average molecular weight is 410 g/mol. The van der Waals surface area contributed by atoms with Crippen LogP contribution < -0.4 is 14.4 Å². The number of rotatable bonds is 8. The fourth-order valence-electron chi connectivity index (χ4n) is 4.21. The molecule has 8 nitrogen and oxygen atoms in total. The van der Waals surface area contributed by atoms with Crippen molar-refractivity contribution in [1.29, 1.82) is 0 Å². The molecule has 8 heteroatoms. The molecule has 1 aliphatic rings. The number of fused-ring (bicyclic) bond motifs is 1. The first kappa shape index (κ1) is 20.3. The van der Waals surface area contributed by atoms with E-state index in [1.54, 1.807) is 21.3 Å². The number of aromatic nitrogens is 4. The van der Waals surface area contributed by atoms with Crippen molar-refractivity contribution in [2.45, 2.75) is 25.6 Å². The molecule has 0 saturated carbocycles. The third-order valence-corrected chi connectivity index (χ3v) is 5.73. The van der Waals surface area contributed by atoms with E-state index in [1.807, 2.05) is 22.9 Å². The van der Waals surface area contributed by atoms with Gasteiger partial charge in [-0.15, -0.1) is 5.10 Å². The molecule has 2 aromatic carbocycles. The number of nitrogens with zero attached hydrogens (tertiary/aromatic N) is 4. The van der Waals surface area contributed by atoms with Gasteiger partial charge in [0.1, 0.15) is 18.0 Å². The molecule has 30 heavy (non-hydrogen) atoms. The van der Waals surface area contributed by atoms with Gasteiger partial charge >= 0.3 is 0 Å². The van der Waals surface area contributed by atoms with Gasteiger partial charge < -0.3 is 19.1 Å². The van der Waals surface area contributed by atoms with E-state index in [-0.39, 0.29) is 6.04 Å². The summed E-state index contributed by atoms with van der Waals surface area (Å²) in [6, 6.07) is 14.4. The topological polar surface area (TPSA) is 75.7 Å². The van der Waals surface area contributed by atoms with E-state index in [0.29, 0.717) is 13.2 Å². The van der Waals surface area contributed by atoms with E-state index in [9.17, 15) is 0 Å². The molecule has 0 radical (unpaired) electrons. The van der Waals surface area contributed by atoms with Crippen LogP contribution in [-0.4, -0.2) is 54.7 Å². The van der Waals surface area contributed by atoms with E-state index >= 15 is 0 Å². The minimum atomic E-state index is -0.102. The standard InChI is InChI=1S/C22H27N5O3/c1-28-13-12-27-22(23-24-25-27)21(19-14-18(29-2)8-9-20(19)30-3)26-11-10-16-6-4-5-7-17(16)15-26/h4-9,14,21H,10-13,15H2,1-3H3/p+1/t21-/m1/s1. The summed E-state index contributed by atoms with van der Waals surface area (Å²) >= 11 is 0. The summed E-state index contributed by atoms with van der Waals surface area (Å²) in [7, 11) is 5.05. The van der Waals surface area contributed by atoms with E-state index in [4.69, 9.17) is 14.2 Å². The van der Waals surface area contributed by atoms with Crippen LogP contribution in [0.2, 0.25) is 0 Å². The summed E-state index contributed by atoms with van der Waals surface area (Å²) in [5.41, 5.74) is 3.79. The lowest BCUT2D eigenvalue weighted by Gasteiger charge is -2.32. The molecule has 0 amide bonds. The number of hydrogen-bond acceptors (Lipinski definition) is 6. The van der Waals surface area contributed by atoms with Gasteiger partial charge in [-0.25, -0.2) is 4.68 Å². The zero-order chi connectivity index (χ0) is 20.9. The van der Waals surface area contributed by atoms with Crippen LogP contribution in [0.5, 0.6) is 11.5 Å². The van der Waals surface area contributed by atoms with Crippen LogP contribution in [-0.2, 0) is 24.2 Å². The molecule has 3 aromatic rings. The number of methoxy groups -OCH3 is 3. The van der Waals surface area contributed by atoms with Crippen LogP contribution >= 0.6 is 0 Å². The Kier molecular flexibility index (Phi) is 6.25. The number of ether oxygens (including phenoxy) is 3. The summed E-state index contributed by atoms with van der Waals surface area (Å²) in [4.78, 5) is 1.37. The molecule has 0 fully saturated rings. The molecule has 0 aliphatic carbocycles. The maximum absolute atomic E-state index is 5.73. The molecular weight excluding hydrogens is 382 g/mol. The lowest BCUT2D eigenvalue weighted by Crippen LogP contribution is -3.12. The maximum Gasteiger partial charge on any atom is 0.214 e. The highest BCUT2D eigenvalue weighted by molar-refractivity contribution is 5.43. The molecule has 2 heterocycles. The van der Waals surface area contributed by atoms with Gasteiger partial charge in [-0.2, -0.15) is 0 Å². The number of nitrogens with one attached hydrogen (secondary N) is 1. The average Bonchev–Trinajstić information content (AvgIpc) is 3.25. The molecule has 1 unspecified atom stereocenters. The molecule has 0 spiro atoms. The minimum absolute atomic E-state index is 0.102. The van der Waals surface area contributed by atoms with Gasteiger partial charge in [0.05, 0.1) is 39.5 Å². The Morgan fingerprint density at radius 2 is 1.90 bits per heavy atom. The summed E-state index contributed by atoms with van der Waals surface area (Å²) in [6.45, 7) is 2.99. The van der Waals surface area contributed by atoms with Crippen LogP contribution in [0.15, 0.2) is 42.5 Å². The molecule has 0 saturated heterocycles. The van der Waals surface area contributed by atoms with Crippen molar-refractivity contribution in [2.24, 2.45) is 0 Å². The number of tetrazole rings is 1. The smallest absolute Gasteiger partial charge is 0.214 e. The van der Waals surface area contributed by atoms with Crippen molar-refractivity contribution in [3.63, 3.8) is 0 Å². The van der Waals surface area contributed by atoms with Gasteiger partial charge in [-0.05, 0) is 34.2 Å². The molecule has 2 atom stereocenters. The van der Waals surface area contributed by atoms with Gasteiger partial charge in [-0.3, -0.25) is 0 Å². The van der Waals surface area contributed by atoms with Crippen LogP contribution in [0.3, 0.4) is 0 Å². The fourth-order valence-corrected chi connectivity index (χ4v) is 4.21. The first-order valence-electron chi connectivity index (χ1n) is 10.1. The second-order valence-electron chi connectivity index (χ2n) is 7.40. The monoisotopic (exact) mass is 410 g/mol. The summed E-state index contributed by atoms with van der Waals surface area (Å²) in [5.74, 6) is 2.38. The Bertz CT molecular complexity index is 990. The Hall–Kier alpha value is -2.97. The Morgan fingerprint density at radius 3 is 2.67 bits per heavy atom. The van der Waals surface area contributed by atoms with E-state index in [1.165, 1.54) is 16.0 Å². The Morgan fingerprint density at radius 1 is 1.07 bits per heavy atom. The number of benzene rings is 2. The summed E-state index contributed by atoms with van der Waals surface area (Å²) < 4.78 is 18.3. The lowest BCUT2D eigenvalue weighted by atomic mass is 9.95. The largest absolute Gasteiger partial charge is 0.497 e. The Balaban J connectivity index is 1.80. The summed E-state index contributed by atoms with van der Waals surface area (Å²) in [5, 5.41) is 12.6. The third kappa shape index (κ3) is 4.01. The second kappa shape index (κ2) is 9.23. The van der Waals surface area contributed by atoms with Gasteiger partial charge in [0.25, 0.3) is 0 Å². The highest BCUT2D eigenvalue weighted by atomic mass is 16.5. The van der Waals surface area contributed by atoms with Crippen molar-refractivity contribution >= 4 is 0 Å². The van der Waals surface area contributed by atoms with Crippen LogP contribution in [0.1, 0.15) is 28.6 Å². The van der Waals surface area contributed by atoms with Crippen molar-refractivity contribution < 1.29 is 19.1 Å². The SMILES string of the molecule is COCCn1nnnc1[C@@H](c1cc(OC)ccc1OC)[NH+]1CCc2ccccc2C1. The predicted molar refractivity (Wildman–Crippen MR) is 111 cm³/mol. The molecule has 0 bridgehead atoms. The maximum atomic E-state index is 5.73. The van der Waals surface area contributed by atoms with Crippen LogP contribution in [0.4, 0.5) is 0 Å². The minimum Gasteiger partial charge on any atom is -0.497 e. The number of quaternary nitrogens is 1. The van der Waals surface area contributed by atoms with E-state index < -0.39 is 0 Å². The van der Waals surface area contributed by atoms with Crippen molar-refractivity contribution in [2.75, 3.05) is 34.5 Å².